The van der Waals surface area contributed by atoms with Gasteiger partial charge in [-0.15, -0.1) is 11.3 Å². The van der Waals surface area contributed by atoms with Gasteiger partial charge in [-0.25, -0.2) is 0 Å². The van der Waals surface area contributed by atoms with E-state index in [1.165, 1.54) is 0 Å². The van der Waals surface area contributed by atoms with Gasteiger partial charge in [0.05, 0.1) is 0 Å². The second-order valence-electron chi connectivity index (χ2n) is 4.48. The average molecular weight is 363 g/mol. The molecule has 0 aliphatic heterocycles. The molecule has 2 heterocycles. The third-order valence-corrected chi connectivity index (χ3v) is 4.35. The number of H-pyrrole nitrogens is 1. The molecule has 0 saturated heterocycles. The summed E-state index contributed by atoms with van der Waals surface area (Å²) in [5, 5.41) is 12.1. The molecular formula is C15H11BrN2O2S. The van der Waals surface area contributed by atoms with Gasteiger partial charge in [-0.1, -0.05) is 34.1 Å². The molecule has 0 saturated carbocycles. The Labute approximate surface area is 133 Å². The van der Waals surface area contributed by atoms with Gasteiger partial charge in [-0.05, 0) is 29.1 Å². The second kappa shape index (κ2) is 5.83. The zero-order valence-corrected chi connectivity index (χ0v) is 13.2. The number of aromatic hydroxyl groups is 1. The Morgan fingerprint density at radius 1 is 1.29 bits per heavy atom. The van der Waals surface area contributed by atoms with Gasteiger partial charge in [0.15, 0.2) is 0 Å². The fourth-order valence-electron chi connectivity index (χ4n) is 2.07. The number of nitrogens with one attached hydrogen (secondary N) is 1. The summed E-state index contributed by atoms with van der Waals surface area (Å²) in [6.07, 6.45) is 0.499. The minimum Gasteiger partial charge on any atom is -0.493 e. The highest BCUT2D eigenvalue weighted by atomic mass is 79.9. The molecule has 0 amide bonds. The number of hydrogen-bond donors (Lipinski definition) is 2. The van der Waals surface area contributed by atoms with E-state index in [1.807, 2.05) is 23.6 Å². The Hall–Kier alpha value is -1.92. The summed E-state index contributed by atoms with van der Waals surface area (Å²) in [4.78, 5) is 20.2. The molecule has 0 spiro atoms. The van der Waals surface area contributed by atoms with Crippen molar-refractivity contribution in [1.29, 1.82) is 0 Å². The fourth-order valence-corrected chi connectivity index (χ4v) is 3.18. The van der Waals surface area contributed by atoms with Crippen molar-refractivity contribution in [2.45, 2.75) is 6.42 Å². The molecule has 106 valence electrons. The SMILES string of the molecule is O=c1[nH]c(Cc2cccs2)nc(O)c1-c1cccc(Br)c1. The standard InChI is InChI=1S/C15H11BrN2O2S/c16-10-4-1-3-9(7-10)13-14(19)17-12(18-15(13)20)8-11-5-2-6-21-11/h1-7H,8H2,(H2,17,18,19,20). The van der Waals surface area contributed by atoms with E-state index in [1.54, 1.807) is 29.5 Å². The number of rotatable bonds is 3. The van der Waals surface area contributed by atoms with Crippen LogP contribution in [0.1, 0.15) is 10.7 Å². The van der Waals surface area contributed by atoms with E-state index in [-0.39, 0.29) is 17.0 Å². The van der Waals surface area contributed by atoms with Crippen LogP contribution >= 0.6 is 27.3 Å². The van der Waals surface area contributed by atoms with Crippen LogP contribution in [-0.4, -0.2) is 15.1 Å². The topological polar surface area (TPSA) is 66.0 Å². The minimum atomic E-state index is -0.341. The van der Waals surface area contributed by atoms with E-state index in [9.17, 15) is 9.90 Å². The second-order valence-corrected chi connectivity index (χ2v) is 6.43. The molecule has 0 atom stereocenters. The Balaban J connectivity index is 2.02. The van der Waals surface area contributed by atoms with Crippen LogP contribution in [0.2, 0.25) is 0 Å². The molecule has 4 nitrogen and oxygen atoms in total. The quantitative estimate of drug-likeness (QED) is 0.748. The molecule has 0 radical (unpaired) electrons. The predicted molar refractivity (Wildman–Crippen MR) is 86.8 cm³/mol. The first kappa shape index (κ1) is 14.0. The van der Waals surface area contributed by atoms with Crippen LogP contribution < -0.4 is 5.56 Å². The summed E-state index contributed by atoms with van der Waals surface area (Å²) >= 11 is 4.93. The van der Waals surface area contributed by atoms with Gasteiger partial charge in [0.1, 0.15) is 11.4 Å². The van der Waals surface area contributed by atoms with E-state index in [0.29, 0.717) is 17.8 Å². The zero-order valence-electron chi connectivity index (χ0n) is 10.8. The summed E-state index contributed by atoms with van der Waals surface area (Å²) in [6, 6.07) is 11.1. The maximum Gasteiger partial charge on any atom is 0.262 e. The number of hydrogen-bond acceptors (Lipinski definition) is 4. The molecule has 0 aliphatic rings. The third-order valence-electron chi connectivity index (χ3n) is 2.98. The average Bonchev–Trinajstić information content (AvgIpc) is 2.91. The molecule has 0 fully saturated rings. The number of aromatic amines is 1. The molecule has 0 bridgehead atoms. The molecule has 6 heteroatoms. The lowest BCUT2D eigenvalue weighted by atomic mass is 10.1. The number of halogens is 1. The summed E-state index contributed by atoms with van der Waals surface area (Å²) in [7, 11) is 0. The van der Waals surface area contributed by atoms with Crippen molar-refractivity contribution in [1.82, 2.24) is 9.97 Å². The van der Waals surface area contributed by atoms with Gasteiger partial charge in [-0.3, -0.25) is 4.79 Å². The maximum absolute atomic E-state index is 12.2. The van der Waals surface area contributed by atoms with Crippen molar-refractivity contribution >= 4 is 27.3 Å². The van der Waals surface area contributed by atoms with E-state index < -0.39 is 0 Å². The highest BCUT2D eigenvalue weighted by Crippen LogP contribution is 2.26. The van der Waals surface area contributed by atoms with Crippen molar-refractivity contribution in [3.8, 4) is 17.0 Å². The molecule has 3 rings (SSSR count). The fraction of sp³-hybridized carbons (Fsp3) is 0.0667. The Kier molecular flexibility index (Phi) is 3.90. The predicted octanol–water partition coefficient (Wildman–Crippen LogP) is 3.56. The minimum absolute atomic E-state index is 0.186. The normalized spacial score (nSPS) is 10.7. The van der Waals surface area contributed by atoms with Gasteiger partial charge < -0.3 is 10.1 Å². The molecule has 0 unspecified atom stereocenters. The van der Waals surface area contributed by atoms with Crippen molar-refractivity contribution < 1.29 is 5.11 Å². The number of thiophene rings is 1. The number of nitrogens with zero attached hydrogens (tertiary/aromatic N) is 1. The van der Waals surface area contributed by atoms with Gasteiger partial charge >= 0.3 is 0 Å². The van der Waals surface area contributed by atoms with E-state index in [2.05, 4.69) is 25.9 Å². The van der Waals surface area contributed by atoms with Crippen LogP contribution in [0.5, 0.6) is 5.88 Å². The first-order valence-electron chi connectivity index (χ1n) is 6.24. The number of aromatic nitrogens is 2. The highest BCUT2D eigenvalue weighted by Gasteiger charge is 2.13. The van der Waals surface area contributed by atoms with Crippen LogP contribution in [0.25, 0.3) is 11.1 Å². The lowest BCUT2D eigenvalue weighted by molar-refractivity contribution is 0.450. The molecule has 1 aromatic carbocycles. The van der Waals surface area contributed by atoms with E-state index in [4.69, 9.17) is 0 Å². The van der Waals surface area contributed by atoms with Crippen LogP contribution in [0.15, 0.2) is 51.0 Å². The summed E-state index contributed by atoms with van der Waals surface area (Å²) in [6.45, 7) is 0. The summed E-state index contributed by atoms with van der Waals surface area (Å²) in [5.74, 6) is 0.210. The lowest BCUT2D eigenvalue weighted by Gasteiger charge is -2.06. The number of benzene rings is 1. The zero-order chi connectivity index (χ0) is 14.8. The van der Waals surface area contributed by atoms with Gasteiger partial charge in [-0.2, -0.15) is 4.98 Å². The van der Waals surface area contributed by atoms with E-state index in [0.717, 1.165) is 9.35 Å². The monoisotopic (exact) mass is 362 g/mol. The van der Waals surface area contributed by atoms with Crippen LogP contribution in [0.4, 0.5) is 0 Å². The smallest absolute Gasteiger partial charge is 0.262 e. The van der Waals surface area contributed by atoms with Crippen LogP contribution in [-0.2, 0) is 6.42 Å². The molecule has 2 N–H and O–H groups in total. The van der Waals surface area contributed by atoms with Crippen molar-refractivity contribution in [2.75, 3.05) is 0 Å². The van der Waals surface area contributed by atoms with Crippen LogP contribution in [0.3, 0.4) is 0 Å². The summed E-state index contributed by atoms with van der Waals surface area (Å²) in [5.41, 5.74) is 0.469. The molecule has 0 aliphatic carbocycles. The molecular weight excluding hydrogens is 352 g/mol. The maximum atomic E-state index is 12.2. The lowest BCUT2D eigenvalue weighted by Crippen LogP contribution is -2.14. The highest BCUT2D eigenvalue weighted by molar-refractivity contribution is 9.10. The largest absolute Gasteiger partial charge is 0.493 e. The van der Waals surface area contributed by atoms with Gasteiger partial charge in [0.2, 0.25) is 5.88 Å². The first-order valence-corrected chi connectivity index (χ1v) is 7.91. The van der Waals surface area contributed by atoms with Gasteiger partial charge in [0.25, 0.3) is 5.56 Å². The Bertz CT molecular complexity index is 828. The Morgan fingerprint density at radius 2 is 2.14 bits per heavy atom. The molecule has 3 aromatic rings. The van der Waals surface area contributed by atoms with Gasteiger partial charge in [0, 0.05) is 15.8 Å². The van der Waals surface area contributed by atoms with Crippen molar-refractivity contribution in [3.05, 3.63) is 67.3 Å². The first-order chi connectivity index (χ1) is 10.1. The molecule has 21 heavy (non-hydrogen) atoms. The molecule has 2 aromatic heterocycles. The van der Waals surface area contributed by atoms with Crippen molar-refractivity contribution in [3.63, 3.8) is 0 Å². The Morgan fingerprint density at radius 3 is 2.81 bits per heavy atom. The third kappa shape index (κ3) is 3.06. The van der Waals surface area contributed by atoms with E-state index >= 15 is 0 Å². The summed E-state index contributed by atoms with van der Waals surface area (Å²) < 4.78 is 0.835. The van der Waals surface area contributed by atoms with Crippen LogP contribution in [0, 0.1) is 0 Å². The van der Waals surface area contributed by atoms with Crippen molar-refractivity contribution in [2.24, 2.45) is 0 Å².